The number of aromatic nitrogens is 1. The number of benzene rings is 2. The van der Waals surface area contributed by atoms with Gasteiger partial charge in [-0.1, -0.05) is 0 Å². The first-order chi connectivity index (χ1) is 27.2. The Morgan fingerprint density at radius 1 is 0.930 bits per heavy atom. The normalized spacial score (nSPS) is 18.5. The van der Waals surface area contributed by atoms with Gasteiger partial charge in [0.2, 0.25) is 21.8 Å². The summed E-state index contributed by atoms with van der Waals surface area (Å²) in [5, 5.41) is 4.10. The van der Waals surface area contributed by atoms with E-state index in [1.54, 1.807) is 39.4 Å². The number of hydrogen-bond donors (Lipinski definition) is 3. The third kappa shape index (κ3) is 7.44. The van der Waals surface area contributed by atoms with Crippen LogP contribution in [0.3, 0.4) is 0 Å². The molecule has 6 amide bonds. The zero-order chi connectivity index (χ0) is 40.8. The number of methoxy groups -OCH3 is 2. The summed E-state index contributed by atoms with van der Waals surface area (Å²) in [5.74, 6) is -1.15. The van der Waals surface area contributed by atoms with E-state index in [0.717, 1.165) is 27.2 Å². The maximum Gasteiger partial charge on any atom is 0.317 e. The smallest absolute Gasteiger partial charge is 0.317 e. The van der Waals surface area contributed by atoms with Gasteiger partial charge in [-0.05, 0) is 54.3 Å². The van der Waals surface area contributed by atoms with Gasteiger partial charge in [-0.15, -0.1) is 0 Å². The standard InChI is InChI=1S/C38H43N7O11S/c1-39-38(51)44-11-9-24-27(18-42(2)35(48)28(24)20-44)21-13-31(54-3)29(32(14-21)55-4)19-43-16-23(17-43)57(52,53)40-10-12-56-22-5-6-25-26(15-22)37(50)45(36(25)49)30-7-8-33(46)41-34(30)47/h5-6,13-15,18,23,30,40H,7-12,16-17,19-20H2,1-4H3,(H,39,51)(H,41,46,47). The van der Waals surface area contributed by atoms with Gasteiger partial charge in [0.1, 0.15) is 35.1 Å². The van der Waals surface area contributed by atoms with Crippen LogP contribution < -0.4 is 35.1 Å². The highest BCUT2D eigenvalue weighted by atomic mass is 32.2. The Bertz CT molecular complexity index is 2330. The summed E-state index contributed by atoms with van der Waals surface area (Å²) in [5.41, 5.74) is 3.75. The molecule has 2 fully saturated rings. The Morgan fingerprint density at radius 2 is 1.63 bits per heavy atom. The zero-order valence-corrected chi connectivity index (χ0v) is 32.7. The van der Waals surface area contributed by atoms with E-state index in [2.05, 4.69) is 15.4 Å². The van der Waals surface area contributed by atoms with E-state index in [9.17, 15) is 37.2 Å². The molecule has 0 saturated carbocycles. The van der Waals surface area contributed by atoms with Crippen molar-refractivity contribution >= 4 is 39.7 Å². The maximum atomic E-state index is 13.1. The molecule has 3 aromatic rings. The number of carbonyl (C=O) groups is 5. The van der Waals surface area contributed by atoms with Crippen LogP contribution in [-0.2, 0) is 46.2 Å². The van der Waals surface area contributed by atoms with Crippen LogP contribution in [0.1, 0.15) is 50.2 Å². The van der Waals surface area contributed by atoms with Crippen molar-refractivity contribution in [2.45, 2.75) is 43.6 Å². The van der Waals surface area contributed by atoms with Crippen LogP contribution in [0.2, 0.25) is 0 Å². The summed E-state index contributed by atoms with van der Waals surface area (Å²) in [4.78, 5) is 79.8. The van der Waals surface area contributed by atoms with Crippen LogP contribution in [0.25, 0.3) is 11.1 Å². The van der Waals surface area contributed by atoms with Crippen molar-refractivity contribution in [3.05, 3.63) is 74.7 Å². The van der Waals surface area contributed by atoms with Gasteiger partial charge in [-0.25, -0.2) is 17.9 Å². The summed E-state index contributed by atoms with van der Waals surface area (Å²) >= 11 is 0. The molecule has 57 heavy (non-hydrogen) atoms. The fourth-order valence-electron chi connectivity index (χ4n) is 7.76. The SMILES string of the molecule is CNC(=O)N1CCc2c(-c3cc(OC)c(CN4CC(S(=O)(=O)NCCOc5ccc6c(c5)C(=O)N(C5CCC(=O)NC5=O)C6=O)C4)c(OC)c3)cn(C)c(=O)c2C1. The number of carbonyl (C=O) groups excluding carboxylic acids is 5. The van der Waals surface area contributed by atoms with Crippen molar-refractivity contribution in [3.8, 4) is 28.4 Å². The highest BCUT2D eigenvalue weighted by Crippen LogP contribution is 2.39. The Balaban J connectivity index is 0.951. The van der Waals surface area contributed by atoms with Crippen LogP contribution in [0.5, 0.6) is 17.2 Å². The monoisotopic (exact) mass is 805 g/mol. The van der Waals surface area contributed by atoms with Gasteiger partial charge in [-0.2, -0.15) is 0 Å². The molecule has 4 aliphatic heterocycles. The number of imide groups is 2. The topological polar surface area (TPSA) is 215 Å². The van der Waals surface area contributed by atoms with Crippen molar-refractivity contribution in [1.82, 2.24) is 34.6 Å². The van der Waals surface area contributed by atoms with E-state index in [4.69, 9.17) is 14.2 Å². The molecule has 18 nitrogen and oxygen atoms in total. The Hall–Kier alpha value is -5.79. The average molecular weight is 806 g/mol. The summed E-state index contributed by atoms with van der Waals surface area (Å²) in [7, 11) is 2.60. The Labute approximate surface area is 328 Å². The number of rotatable bonds is 12. The largest absolute Gasteiger partial charge is 0.496 e. The van der Waals surface area contributed by atoms with Gasteiger partial charge in [0.25, 0.3) is 17.4 Å². The number of amides is 6. The third-order valence-electron chi connectivity index (χ3n) is 10.8. The van der Waals surface area contributed by atoms with Gasteiger partial charge >= 0.3 is 6.03 Å². The third-order valence-corrected chi connectivity index (χ3v) is 12.6. The van der Waals surface area contributed by atoms with Gasteiger partial charge < -0.3 is 29.0 Å². The lowest BCUT2D eigenvalue weighted by atomic mass is 9.91. The molecule has 2 saturated heterocycles. The first-order valence-electron chi connectivity index (χ1n) is 18.4. The van der Waals surface area contributed by atoms with Crippen LogP contribution in [0.4, 0.5) is 4.79 Å². The molecule has 302 valence electrons. The second-order valence-electron chi connectivity index (χ2n) is 14.3. The first-order valence-corrected chi connectivity index (χ1v) is 19.9. The van der Waals surface area contributed by atoms with Crippen LogP contribution in [0.15, 0.2) is 41.3 Å². The molecule has 0 aliphatic carbocycles. The van der Waals surface area contributed by atoms with E-state index >= 15 is 0 Å². The predicted octanol–water partition coefficient (Wildman–Crippen LogP) is 0.351. The van der Waals surface area contributed by atoms with Gasteiger partial charge in [0.15, 0.2) is 0 Å². The zero-order valence-electron chi connectivity index (χ0n) is 31.9. The molecule has 4 aliphatic rings. The number of urea groups is 1. The summed E-state index contributed by atoms with van der Waals surface area (Å²) in [6.07, 6.45) is 2.32. The maximum absolute atomic E-state index is 13.1. The number of nitrogens with one attached hydrogen (secondary N) is 3. The number of pyridine rings is 1. The van der Waals surface area contributed by atoms with Gasteiger partial charge in [0, 0.05) is 70.6 Å². The van der Waals surface area contributed by atoms with Crippen molar-refractivity contribution < 1.29 is 46.6 Å². The Kier molecular flexibility index (Phi) is 10.8. The molecule has 1 unspecified atom stereocenters. The molecular formula is C38H43N7O11S. The second-order valence-corrected chi connectivity index (χ2v) is 16.3. The second kappa shape index (κ2) is 15.6. The quantitative estimate of drug-likeness (QED) is 0.167. The molecule has 7 rings (SSSR count). The number of sulfonamides is 1. The van der Waals surface area contributed by atoms with E-state index in [1.807, 2.05) is 17.0 Å². The van der Waals surface area contributed by atoms with Crippen LogP contribution in [-0.4, -0.2) is 123 Å². The molecule has 2 aromatic carbocycles. The van der Waals surface area contributed by atoms with Crippen LogP contribution >= 0.6 is 0 Å². The number of aryl methyl sites for hydroxylation is 1. The number of piperidine rings is 1. The molecule has 1 aromatic heterocycles. The molecule has 3 N–H and O–H groups in total. The number of ether oxygens (including phenoxy) is 3. The van der Waals surface area contributed by atoms with Crippen LogP contribution in [0, 0.1) is 0 Å². The minimum absolute atomic E-state index is 0.0102. The Morgan fingerprint density at radius 3 is 2.30 bits per heavy atom. The lowest BCUT2D eigenvalue weighted by Crippen LogP contribution is -2.57. The number of nitrogens with zero attached hydrogens (tertiary/aromatic N) is 4. The summed E-state index contributed by atoms with van der Waals surface area (Å²) < 4.78 is 47.7. The molecule has 0 radical (unpaired) electrons. The first kappa shape index (κ1) is 39.4. The van der Waals surface area contributed by atoms with Crippen molar-refractivity contribution in [1.29, 1.82) is 0 Å². The van der Waals surface area contributed by atoms with Crippen molar-refractivity contribution in [2.75, 3.05) is 54.1 Å². The molecular weight excluding hydrogens is 763 g/mol. The van der Waals surface area contributed by atoms with Crippen molar-refractivity contribution in [2.24, 2.45) is 7.05 Å². The average Bonchev–Trinajstić information content (AvgIpc) is 3.42. The minimum Gasteiger partial charge on any atom is -0.496 e. The number of hydrogen-bond acceptors (Lipinski definition) is 12. The molecule has 1 atom stereocenters. The molecule has 19 heteroatoms. The van der Waals surface area contributed by atoms with Gasteiger partial charge in [-0.3, -0.25) is 39.1 Å². The van der Waals surface area contributed by atoms with E-state index in [0.29, 0.717) is 36.6 Å². The highest BCUT2D eigenvalue weighted by Gasteiger charge is 2.45. The minimum atomic E-state index is -3.72. The van der Waals surface area contributed by atoms with E-state index in [1.165, 1.54) is 22.8 Å². The molecule has 0 bridgehead atoms. The summed E-state index contributed by atoms with van der Waals surface area (Å²) in [6.45, 7) is 1.41. The lowest BCUT2D eigenvalue weighted by molar-refractivity contribution is -0.136. The fourth-order valence-corrected chi connectivity index (χ4v) is 9.18. The van der Waals surface area contributed by atoms with E-state index < -0.39 is 44.9 Å². The van der Waals surface area contributed by atoms with Gasteiger partial charge in [0.05, 0.1) is 37.5 Å². The predicted molar refractivity (Wildman–Crippen MR) is 203 cm³/mol. The van der Waals surface area contributed by atoms with E-state index in [-0.39, 0.29) is 74.1 Å². The molecule has 0 spiro atoms. The molecule has 5 heterocycles. The number of likely N-dealkylation sites (tertiary alicyclic amines) is 1. The highest BCUT2D eigenvalue weighted by molar-refractivity contribution is 7.90. The fraction of sp³-hybridized carbons (Fsp3) is 0.421. The lowest BCUT2D eigenvalue weighted by Gasteiger charge is -2.39. The van der Waals surface area contributed by atoms with Crippen molar-refractivity contribution in [3.63, 3.8) is 0 Å². The number of fused-ring (bicyclic) bond motifs is 2. The summed E-state index contributed by atoms with van der Waals surface area (Å²) in [6, 6.07) is 6.71.